The fourth-order valence-corrected chi connectivity index (χ4v) is 2.14. The average molecular weight is 310 g/mol. The van der Waals surface area contributed by atoms with Crippen LogP contribution in [0.3, 0.4) is 0 Å². The molecule has 0 spiro atoms. The smallest absolute Gasteiger partial charge is 0.172 e. The molecule has 0 aliphatic heterocycles. The van der Waals surface area contributed by atoms with Gasteiger partial charge >= 0.3 is 0 Å². The molecule has 0 N–H and O–H groups in total. The van der Waals surface area contributed by atoms with E-state index in [9.17, 15) is 4.79 Å². The van der Waals surface area contributed by atoms with Crippen molar-refractivity contribution in [3.05, 3.63) is 34.9 Å². The largest absolute Gasteiger partial charge is 0.493 e. The zero-order valence-corrected chi connectivity index (χ0v) is 12.8. The molecule has 0 aliphatic carbocycles. The van der Waals surface area contributed by atoms with Crippen LogP contribution >= 0.6 is 11.6 Å². The predicted octanol–water partition coefficient (Wildman–Crippen LogP) is 2.91. The summed E-state index contributed by atoms with van der Waals surface area (Å²) in [7, 11) is 1.49. The third-order valence-corrected chi connectivity index (χ3v) is 3.10. The quantitative estimate of drug-likeness (QED) is 0.768. The summed E-state index contributed by atoms with van der Waals surface area (Å²) in [5, 5.41) is 4.54. The van der Waals surface area contributed by atoms with E-state index in [-0.39, 0.29) is 12.6 Å². The van der Waals surface area contributed by atoms with Crippen molar-refractivity contribution in [2.24, 2.45) is 0 Å². The van der Waals surface area contributed by atoms with Gasteiger partial charge in [-0.25, -0.2) is 9.67 Å². The van der Waals surface area contributed by atoms with E-state index >= 15 is 0 Å². The summed E-state index contributed by atoms with van der Waals surface area (Å²) in [5.41, 5.74) is 0.329. The van der Waals surface area contributed by atoms with Crippen LogP contribution in [0.25, 0.3) is 0 Å². The molecule has 0 aliphatic rings. The number of nitrogens with zero attached hydrogens (tertiary/aromatic N) is 3. The summed E-state index contributed by atoms with van der Waals surface area (Å²) < 4.78 is 12.7. The lowest BCUT2D eigenvalue weighted by Gasteiger charge is -2.14. The zero-order chi connectivity index (χ0) is 15.4. The van der Waals surface area contributed by atoms with Crippen LogP contribution < -0.4 is 9.47 Å². The van der Waals surface area contributed by atoms with Gasteiger partial charge in [-0.15, -0.1) is 0 Å². The molecular weight excluding hydrogens is 294 g/mol. The zero-order valence-electron chi connectivity index (χ0n) is 12.0. The normalized spacial score (nSPS) is 10.7. The highest BCUT2D eigenvalue weighted by Crippen LogP contribution is 2.34. The van der Waals surface area contributed by atoms with Gasteiger partial charge in [0.15, 0.2) is 23.6 Å². The van der Waals surface area contributed by atoms with E-state index in [0.29, 0.717) is 34.2 Å². The first-order valence-corrected chi connectivity index (χ1v) is 6.78. The van der Waals surface area contributed by atoms with Crippen LogP contribution in [0, 0.1) is 0 Å². The summed E-state index contributed by atoms with van der Waals surface area (Å²) in [4.78, 5) is 15.3. The van der Waals surface area contributed by atoms with Crippen molar-refractivity contribution in [3.63, 3.8) is 0 Å². The Morgan fingerprint density at radius 2 is 2.19 bits per heavy atom. The van der Waals surface area contributed by atoms with E-state index in [4.69, 9.17) is 21.1 Å². The van der Waals surface area contributed by atoms with E-state index in [2.05, 4.69) is 10.1 Å². The highest BCUT2D eigenvalue weighted by Gasteiger charge is 2.15. The molecular formula is C14H16ClN3O3. The number of rotatable bonds is 6. The molecule has 6 nitrogen and oxygen atoms in total. The lowest BCUT2D eigenvalue weighted by atomic mass is 10.2. The number of ether oxygens (including phenoxy) is 2. The lowest BCUT2D eigenvalue weighted by molar-refractivity contribution is 0.111. The molecule has 2 rings (SSSR count). The van der Waals surface area contributed by atoms with Gasteiger partial charge in [-0.1, -0.05) is 11.6 Å². The number of benzene rings is 1. The van der Waals surface area contributed by atoms with Gasteiger partial charge in [-0.3, -0.25) is 4.79 Å². The lowest BCUT2D eigenvalue weighted by Crippen LogP contribution is -2.11. The minimum absolute atomic E-state index is 0.170. The van der Waals surface area contributed by atoms with E-state index < -0.39 is 0 Å². The van der Waals surface area contributed by atoms with Crippen molar-refractivity contribution in [2.75, 3.05) is 7.11 Å². The van der Waals surface area contributed by atoms with Gasteiger partial charge in [0.25, 0.3) is 0 Å². The first kappa shape index (κ1) is 15.3. The maximum absolute atomic E-state index is 11.2. The molecule has 1 aromatic heterocycles. The van der Waals surface area contributed by atoms with Crippen LogP contribution in [0.2, 0.25) is 5.02 Å². The van der Waals surface area contributed by atoms with Crippen LogP contribution in [0.5, 0.6) is 11.5 Å². The Balaban J connectivity index is 2.27. The summed E-state index contributed by atoms with van der Waals surface area (Å²) in [6.07, 6.45) is 2.15. The molecule has 1 aromatic carbocycles. The van der Waals surface area contributed by atoms with Crippen molar-refractivity contribution < 1.29 is 14.3 Å². The summed E-state index contributed by atoms with van der Waals surface area (Å²) in [5.74, 6) is 1.41. The molecule has 0 unspecified atom stereocenters. The van der Waals surface area contributed by atoms with E-state index in [0.717, 1.165) is 0 Å². The van der Waals surface area contributed by atoms with Gasteiger partial charge in [-0.2, -0.15) is 5.10 Å². The summed E-state index contributed by atoms with van der Waals surface area (Å²) in [6, 6.07) is 3.29. The highest BCUT2D eigenvalue weighted by molar-refractivity contribution is 6.31. The number of halogens is 1. The minimum Gasteiger partial charge on any atom is -0.493 e. The Bertz CT molecular complexity index is 640. The molecule has 7 heteroatoms. The molecule has 0 atom stereocenters. The highest BCUT2D eigenvalue weighted by atomic mass is 35.5. The number of methoxy groups -OCH3 is 1. The standard InChI is InChI=1S/C14H16ClN3O3/c1-9(2)18-13(16-8-17-18)7-21-14-10(6-19)4-11(15)5-12(14)20-3/h4-6,8-9H,7H2,1-3H3. The molecule has 21 heavy (non-hydrogen) atoms. The minimum atomic E-state index is 0.170. The fraction of sp³-hybridized carbons (Fsp3) is 0.357. The Labute approximate surface area is 127 Å². The number of carbonyl (C=O) groups excluding carboxylic acids is 1. The Kier molecular flexibility index (Phi) is 4.80. The van der Waals surface area contributed by atoms with Crippen molar-refractivity contribution in [3.8, 4) is 11.5 Å². The molecule has 2 aromatic rings. The molecule has 112 valence electrons. The van der Waals surface area contributed by atoms with Gasteiger partial charge in [0.2, 0.25) is 0 Å². The van der Waals surface area contributed by atoms with E-state index in [1.165, 1.54) is 19.5 Å². The van der Waals surface area contributed by atoms with Crippen molar-refractivity contribution >= 4 is 17.9 Å². The van der Waals surface area contributed by atoms with E-state index in [1.54, 1.807) is 10.7 Å². The molecule has 1 heterocycles. The maximum atomic E-state index is 11.2. The molecule has 0 bridgehead atoms. The van der Waals surface area contributed by atoms with Crippen LogP contribution in [0.1, 0.15) is 36.1 Å². The second-order valence-electron chi connectivity index (χ2n) is 4.65. The number of hydrogen-bond acceptors (Lipinski definition) is 5. The van der Waals surface area contributed by atoms with Crippen LogP contribution in [0.15, 0.2) is 18.5 Å². The first-order valence-electron chi connectivity index (χ1n) is 6.40. The number of carbonyl (C=O) groups is 1. The number of hydrogen-bond donors (Lipinski definition) is 0. The van der Waals surface area contributed by atoms with Gasteiger partial charge in [0.05, 0.1) is 12.7 Å². The third-order valence-electron chi connectivity index (χ3n) is 2.88. The Morgan fingerprint density at radius 3 is 2.81 bits per heavy atom. The first-order chi connectivity index (χ1) is 10.1. The molecule has 0 saturated carbocycles. The summed E-state index contributed by atoms with van der Waals surface area (Å²) >= 11 is 5.93. The third kappa shape index (κ3) is 3.33. The van der Waals surface area contributed by atoms with Crippen LogP contribution in [-0.2, 0) is 6.61 Å². The predicted molar refractivity (Wildman–Crippen MR) is 78.1 cm³/mol. The number of aldehydes is 1. The monoisotopic (exact) mass is 309 g/mol. The second-order valence-corrected chi connectivity index (χ2v) is 5.08. The van der Waals surface area contributed by atoms with Crippen LogP contribution in [0.4, 0.5) is 0 Å². The van der Waals surface area contributed by atoms with Gasteiger partial charge in [0.1, 0.15) is 12.9 Å². The van der Waals surface area contributed by atoms with Crippen molar-refractivity contribution in [1.82, 2.24) is 14.8 Å². The maximum Gasteiger partial charge on any atom is 0.172 e. The van der Waals surface area contributed by atoms with E-state index in [1.807, 2.05) is 13.8 Å². The van der Waals surface area contributed by atoms with Gasteiger partial charge < -0.3 is 9.47 Å². The molecule has 0 amide bonds. The fourth-order valence-electron chi connectivity index (χ4n) is 1.93. The SMILES string of the molecule is COc1cc(Cl)cc(C=O)c1OCc1ncnn1C(C)C. The average Bonchev–Trinajstić information content (AvgIpc) is 2.93. The second kappa shape index (κ2) is 6.58. The molecule has 0 radical (unpaired) electrons. The summed E-state index contributed by atoms with van der Waals surface area (Å²) in [6.45, 7) is 4.17. The Hall–Kier alpha value is -2.08. The number of aromatic nitrogens is 3. The molecule has 0 saturated heterocycles. The van der Waals surface area contributed by atoms with Crippen LogP contribution in [-0.4, -0.2) is 28.2 Å². The van der Waals surface area contributed by atoms with Crippen molar-refractivity contribution in [1.29, 1.82) is 0 Å². The molecule has 0 fully saturated rings. The topological polar surface area (TPSA) is 66.2 Å². The van der Waals surface area contributed by atoms with Crippen molar-refractivity contribution in [2.45, 2.75) is 26.5 Å². The van der Waals surface area contributed by atoms with Gasteiger partial charge in [-0.05, 0) is 19.9 Å². The van der Waals surface area contributed by atoms with Gasteiger partial charge in [0, 0.05) is 17.1 Å². The Morgan fingerprint density at radius 1 is 1.43 bits per heavy atom.